The van der Waals surface area contributed by atoms with Crippen molar-refractivity contribution in [3.05, 3.63) is 39.9 Å². The van der Waals surface area contributed by atoms with Gasteiger partial charge in [-0.2, -0.15) is 5.10 Å². The molecule has 0 radical (unpaired) electrons. The fourth-order valence-electron chi connectivity index (χ4n) is 4.65. The number of imidazole rings is 1. The van der Waals surface area contributed by atoms with E-state index in [1.165, 1.54) is 30.5 Å². The molecule has 1 fully saturated rings. The van der Waals surface area contributed by atoms with Crippen LogP contribution in [0.1, 0.15) is 65.2 Å². The molecular weight excluding hydrogens is 384 g/mol. The van der Waals surface area contributed by atoms with E-state index in [-0.39, 0.29) is 5.91 Å². The number of aromatic amines is 1. The van der Waals surface area contributed by atoms with Crippen molar-refractivity contribution in [3.8, 4) is 0 Å². The molecule has 3 aromatic heterocycles. The SMILES string of the molecule is CN(Cc1n[nH]c2c1CCCC2)Cc1c(C(=O)N2CCCCC2)nc2sccn12. The summed E-state index contributed by atoms with van der Waals surface area (Å²) in [7, 11) is 2.10. The van der Waals surface area contributed by atoms with Gasteiger partial charge in [0.2, 0.25) is 0 Å². The molecule has 0 saturated carbocycles. The van der Waals surface area contributed by atoms with Gasteiger partial charge >= 0.3 is 0 Å². The lowest BCUT2D eigenvalue weighted by molar-refractivity contribution is 0.0716. The van der Waals surface area contributed by atoms with Gasteiger partial charge in [0.1, 0.15) is 0 Å². The third kappa shape index (κ3) is 3.59. The van der Waals surface area contributed by atoms with Gasteiger partial charge in [-0.3, -0.25) is 19.2 Å². The Labute approximate surface area is 174 Å². The van der Waals surface area contributed by atoms with Gasteiger partial charge in [-0.1, -0.05) is 0 Å². The van der Waals surface area contributed by atoms with Crippen LogP contribution < -0.4 is 0 Å². The summed E-state index contributed by atoms with van der Waals surface area (Å²) in [6.07, 6.45) is 10.1. The third-order valence-corrected chi connectivity index (χ3v) is 6.94. The van der Waals surface area contributed by atoms with E-state index in [2.05, 4.69) is 26.5 Å². The molecule has 3 aromatic rings. The quantitative estimate of drug-likeness (QED) is 0.698. The average molecular weight is 413 g/mol. The molecule has 4 heterocycles. The fraction of sp³-hybridized carbons (Fsp3) is 0.571. The number of amides is 1. The van der Waals surface area contributed by atoms with E-state index in [9.17, 15) is 4.79 Å². The summed E-state index contributed by atoms with van der Waals surface area (Å²) >= 11 is 1.58. The molecule has 0 atom stereocenters. The number of carbonyl (C=O) groups excluding carboxylic acids is 1. The van der Waals surface area contributed by atoms with Crippen molar-refractivity contribution in [2.45, 2.75) is 58.0 Å². The zero-order valence-corrected chi connectivity index (χ0v) is 17.8. The standard InChI is InChI=1S/C21H28N6OS/c1-25(13-17-15-7-3-4-8-16(15)23-24-17)14-18-19(22-21-27(18)11-12-29-21)20(28)26-9-5-2-6-10-26/h11-12H,2-10,13-14H2,1H3,(H,23,24). The number of rotatable bonds is 5. The van der Waals surface area contributed by atoms with Gasteiger partial charge < -0.3 is 4.90 Å². The lowest BCUT2D eigenvalue weighted by Gasteiger charge is -2.26. The molecule has 1 aliphatic carbocycles. The number of aryl methyl sites for hydroxylation is 1. The van der Waals surface area contributed by atoms with Crippen LogP contribution in [0.3, 0.4) is 0 Å². The van der Waals surface area contributed by atoms with Crippen LogP contribution in [0.2, 0.25) is 0 Å². The number of hydrogen-bond donors (Lipinski definition) is 1. The van der Waals surface area contributed by atoms with Crippen molar-refractivity contribution in [3.63, 3.8) is 0 Å². The topological polar surface area (TPSA) is 69.5 Å². The molecule has 1 saturated heterocycles. The molecule has 5 rings (SSSR count). The lowest BCUT2D eigenvalue weighted by atomic mass is 9.96. The lowest BCUT2D eigenvalue weighted by Crippen LogP contribution is -2.36. The number of thiazole rings is 1. The number of aromatic nitrogens is 4. The maximum Gasteiger partial charge on any atom is 0.274 e. The van der Waals surface area contributed by atoms with Gasteiger partial charge in [-0.05, 0) is 57.6 Å². The Morgan fingerprint density at radius 2 is 2.00 bits per heavy atom. The summed E-state index contributed by atoms with van der Waals surface area (Å²) < 4.78 is 2.08. The Hall–Kier alpha value is -2.19. The summed E-state index contributed by atoms with van der Waals surface area (Å²) in [5, 5.41) is 9.86. The maximum atomic E-state index is 13.2. The molecule has 7 nitrogen and oxygen atoms in total. The number of nitrogens with one attached hydrogen (secondary N) is 1. The van der Waals surface area contributed by atoms with E-state index in [0.29, 0.717) is 12.2 Å². The highest BCUT2D eigenvalue weighted by atomic mass is 32.1. The number of fused-ring (bicyclic) bond motifs is 2. The maximum absolute atomic E-state index is 13.2. The van der Waals surface area contributed by atoms with E-state index >= 15 is 0 Å². The molecule has 154 valence electrons. The van der Waals surface area contributed by atoms with Crippen LogP contribution in [0.15, 0.2) is 11.6 Å². The molecule has 0 aromatic carbocycles. The number of piperidine rings is 1. The second kappa shape index (κ2) is 7.91. The molecule has 2 aliphatic rings. The van der Waals surface area contributed by atoms with Crippen molar-refractivity contribution in [1.29, 1.82) is 0 Å². The Bertz CT molecular complexity index is 1010. The highest BCUT2D eigenvalue weighted by Crippen LogP contribution is 2.25. The second-order valence-electron chi connectivity index (χ2n) is 8.32. The molecule has 1 N–H and O–H groups in total. The van der Waals surface area contributed by atoms with Crippen molar-refractivity contribution in [2.24, 2.45) is 0 Å². The Balaban J connectivity index is 1.38. The first-order valence-electron chi connectivity index (χ1n) is 10.7. The molecular formula is C21H28N6OS. The van der Waals surface area contributed by atoms with E-state index in [1.807, 2.05) is 16.5 Å². The van der Waals surface area contributed by atoms with Gasteiger partial charge in [0, 0.05) is 43.4 Å². The van der Waals surface area contributed by atoms with Crippen LogP contribution in [0.4, 0.5) is 0 Å². The predicted molar refractivity (Wildman–Crippen MR) is 113 cm³/mol. The van der Waals surface area contributed by atoms with E-state index < -0.39 is 0 Å². The minimum absolute atomic E-state index is 0.0844. The van der Waals surface area contributed by atoms with Crippen molar-refractivity contribution < 1.29 is 4.79 Å². The highest BCUT2D eigenvalue weighted by molar-refractivity contribution is 7.15. The van der Waals surface area contributed by atoms with Crippen LogP contribution >= 0.6 is 11.3 Å². The van der Waals surface area contributed by atoms with Crippen molar-refractivity contribution >= 4 is 22.2 Å². The van der Waals surface area contributed by atoms with Crippen LogP contribution in [0.25, 0.3) is 4.96 Å². The predicted octanol–water partition coefficient (Wildman–Crippen LogP) is 3.26. The number of H-pyrrole nitrogens is 1. The Kier molecular flexibility index (Phi) is 5.13. The van der Waals surface area contributed by atoms with Gasteiger partial charge in [-0.15, -0.1) is 11.3 Å². The van der Waals surface area contributed by atoms with Gasteiger partial charge in [0.25, 0.3) is 5.91 Å². The summed E-state index contributed by atoms with van der Waals surface area (Å²) in [5.74, 6) is 0.0844. The molecule has 1 amide bonds. The largest absolute Gasteiger partial charge is 0.337 e. The smallest absolute Gasteiger partial charge is 0.274 e. The first-order valence-corrected chi connectivity index (χ1v) is 11.6. The molecule has 0 unspecified atom stereocenters. The van der Waals surface area contributed by atoms with Gasteiger partial charge in [0.15, 0.2) is 10.7 Å². The van der Waals surface area contributed by atoms with Gasteiger partial charge in [-0.25, -0.2) is 4.98 Å². The summed E-state index contributed by atoms with van der Waals surface area (Å²) in [6, 6.07) is 0. The minimum atomic E-state index is 0.0844. The van der Waals surface area contributed by atoms with Crippen molar-refractivity contribution in [1.82, 2.24) is 29.4 Å². The first-order chi connectivity index (χ1) is 14.2. The minimum Gasteiger partial charge on any atom is -0.337 e. The van der Waals surface area contributed by atoms with E-state index in [4.69, 9.17) is 4.98 Å². The molecule has 0 bridgehead atoms. The highest BCUT2D eigenvalue weighted by Gasteiger charge is 2.26. The van der Waals surface area contributed by atoms with E-state index in [1.54, 1.807) is 11.3 Å². The monoisotopic (exact) mass is 412 g/mol. The van der Waals surface area contributed by atoms with Gasteiger partial charge in [0.05, 0.1) is 11.4 Å². The van der Waals surface area contributed by atoms with Crippen LogP contribution in [-0.4, -0.2) is 55.4 Å². The number of hydrogen-bond acceptors (Lipinski definition) is 5. The zero-order chi connectivity index (χ0) is 19.8. The normalized spacial score (nSPS) is 17.2. The molecule has 29 heavy (non-hydrogen) atoms. The molecule has 1 aliphatic heterocycles. The number of carbonyl (C=O) groups is 1. The number of likely N-dealkylation sites (tertiary alicyclic amines) is 1. The molecule has 0 spiro atoms. The third-order valence-electron chi connectivity index (χ3n) is 6.19. The van der Waals surface area contributed by atoms with E-state index in [0.717, 1.165) is 61.7 Å². The molecule has 8 heteroatoms. The van der Waals surface area contributed by atoms with Crippen LogP contribution in [-0.2, 0) is 25.9 Å². The summed E-state index contributed by atoms with van der Waals surface area (Å²) in [6.45, 7) is 3.15. The average Bonchev–Trinajstić information content (AvgIpc) is 3.45. The van der Waals surface area contributed by atoms with Crippen LogP contribution in [0.5, 0.6) is 0 Å². The summed E-state index contributed by atoms with van der Waals surface area (Å²) in [4.78, 5) is 23.0. The number of nitrogens with zero attached hydrogens (tertiary/aromatic N) is 5. The van der Waals surface area contributed by atoms with Crippen LogP contribution in [0, 0.1) is 0 Å². The first kappa shape index (κ1) is 18.8. The second-order valence-corrected chi connectivity index (χ2v) is 9.20. The Morgan fingerprint density at radius 3 is 2.86 bits per heavy atom. The summed E-state index contributed by atoms with van der Waals surface area (Å²) in [5.41, 5.74) is 5.47. The van der Waals surface area contributed by atoms with Crippen molar-refractivity contribution in [2.75, 3.05) is 20.1 Å². The fourth-order valence-corrected chi connectivity index (χ4v) is 5.38. The zero-order valence-electron chi connectivity index (χ0n) is 17.0. The Morgan fingerprint density at radius 1 is 1.17 bits per heavy atom.